The SMILES string of the molecule is NNc1c(C(=O)N2CCC(O)C2)cccc1C(F)(F)F. The number of halogens is 3. The predicted molar refractivity (Wildman–Crippen MR) is 65.8 cm³/mol. The van der Waals surface area contributed by atoms with E-state index in [0.29, 0.717) is 13.0 Å². The molecule has 0 spiro atoms. The molecule has 4 N–H and O–H groups in total. The van der Waals surface area contributed by atoms with Gasteiger partial charge in [-0.2, -0.15) is 13.2 Å². The van der Waals surface area contributed by atoms with Crippen LogP contribution in [0.1, 0.15) is 22.3 Å². The third-order valence-electron chi connectivity index (χ3n) is 3.20. The van der Waals surface area contributed by atoms with Crippen molar-refractivity contribution in [3.05, 3.63) is 29.3 Å². The van der Waals surface area contributed by atoms with Crippen molar-refractivity contribution in [3.63, 3.8) is 0 Å². The van der Waals surface area contributed by atoms with E-state index in [-0.39, 0.29) is 12.1 Å². The van der Waals surface area contributed by atoms with E-state index in [9.17, 15) is 23.1 Å². The predicted octanol–water partition coefficient (Wildman–Crippen LogP) is 1.20. The third kappa shape index (κ3) is 2.70. The minimum absolute atomic E-state index is 0.110. The van der Waals surface area contributed by atoms with E-state index in [1.807, 2.05) is 5.43 Å². The summed E-state index contributed by atoms with van der Waals surface area (Å²) in [6, 6.07) is 3.28. The maximum atomic E-state index is 12.9. The van der Waals surface area contributed by atoms with Crippen molar-refractivity contribution in [3.8, 4) is 0 Å². The molecule has 0 saturated carbocycles. The Kier molecular flexibility index (Phi) is 3.87. The molecule has 1 aliphatic rings. The number of anilines is 1. The van der Waals surface area contributed by atoms with E-state index >= 15 is 0 Å². The lowest BCUT2D eigenvalue weighted by atomic mass is 10.1. The molecule has 1 unspecified atom stereocenters. The van der Waals surface area contributed by atoms with Gasteiger partial charge in [-0.15, -0.1) is 0 Å². The number of nitrogens with zero attached hydrogens (tertiary/aromatic N) is 1. The number of nitrogens with one attached hydrogen (secondary N) is 1. The fourth-order valence-corrected chi connectivity index (χ4v) is 2.22. The fraction of sp³-hybridized carbons (Fsp3) is 0.417. The molecule has 1 heterocycles. The van der Waals surface area contributed by atoms with Crippen LogP contribution in [0.25, 0.3) is 0 Å². The van der Waals surface area contributed by atoms with Crippen LogP contribution in [0.5, 0.6) is 0 Å². The molecule has 1 aliphatic heterocycles. The molecule has 0 radical (unpaired) electrons. The molecule has 1 fully saturated rings. The largest absolute Gasteiger partial charge is 0.418 e. The summed E-state index contributed by atoms with van der Waals surface area (Å²) in [5.74, 6) is 4.56. The Balaban J connectivity index is 2.39. The van der Waals surface area contributed by atoms with Crippen LogP contribution in [0.3, 0.4) is 0 Å². The number of nitrogen functional groups attached to an aromatic ring is 1. The zero-order chi connectivity index (χ0) is 14.9. The molecule has 20 heavy (non-hydrogen) atoms. The highest BCUT2D eigenvalue weighted by Crippen LogP contribution is 2.36. The number of hydrogen-bond acceptors (Lipinski definition) is 4. The maximum absolute atomic E-state index is 12.9. The summed E-state index contributed by atoms with van der Waals surface area (Å²) in [6.45, 7) is 0.416. The highest BCUT2D eigenvalue weighted by molar-refractivity contribution is 6.00. The molecule has 8 heteroatoms. The van der Waals surface area contributed by atoms with Crippen LogP contribution in [0.2, 0.25) is 0 Å². The first-order valence-corrected chi connectivity index (χ1v) is 5.98. The van der Waals surface area contributed by atoms with Crippen LogP contribution in [-0.4, -0.2) is 35.1 Å². The maximum Gasteiger partial charge on any atom is 0.418 e. The van der Waals surface area contributed by atoms with Crippen molar-refractivity contribution in [2.45, 2.75) is 18.7 Å². The number of likely N-dealkylation sites (tertiary alicyclic amines) is 1. The van der Waals surface area contributed by atoms with Gasteiger partial charge in [0.1, 0.15) is 0 Å². The summed E-state index contributed by atoms with van der Waals surface area (Å²) in [6.07, 6.45) is -4.84. The van der Waals surface area contributed by atoms with Crippen LogP contribution in [0.4, 0.5) is 18.9 Å². The highest BCUT2D eigenvalue weighted by atomic mass is 19.4. The van der Waals surface area contributed by atoms with Gasteiger partial charge in [-0.25, -0.2) is 0 Å². The van der Waals surface area contributed by atoms with Gasteiger partial charge < -0.3 is 15.4 Å². The molecule has 110 valence electrons. The van der Waals surface area contributed by atoms with Gasteiger partial charge >= 0.3 is 6.18 Å². The number of benzene rings is 1. The quantitative estimate of drug-likeness (QED) is 0.564. The lowest BCUT2D eigenvalue weighted by molar-refractivity contribution is -0.137. The molecule has 1 aromatic rings. The Hall–Kier alpha value is -1.80. The smallest absolute Gasteiger partial charge is 0.391 e. The zero-order valence-electron chi connectivity index (χ0n) is 10.4. The summed E-state index contributed by atoms with van der Waals surface area (Å²) in [5.41, 5.74) is 0.353. The van der Waals surface area contributed by atoms with E-state index in [2.05, 4.69) is 0 Å². The number of β-amino-alcohol motifs (C(OH)–C–C–N with tert-alkyl or cyclic N) is 1. The average molecular weight is 289 g/mol. The number of hydrogen-bond donors (Lipinski definition) is 3. The number of carbonyl (C=O) groups excluding carboxylic acids is 1. The van der Waals surface area contributed by atoms with Gasteiger partial charge in [0.2, 0.25) is 0 Å². The second-order valence-electron chi connectivity index (χ2n) is 4.56. The van der Waals surface area contributed by atoms with E-state index < -0.39 is 29.4 Å². The van der Waals surface area contributed by atoms with Crippen molar-refractivity contribution in [1.29, 1.82) is 0 Å². The number of carbonyl (C=O) groups is 1. The first-order valence-electron chi connectivity index (χ1n) is 5.98. The molecular formula is C12H14F3N3O2. The standard InChI is InChI=1S/C12H14F3N3O2/c13-12(14,15)9-3-1-2-8(10(9)17-16)11(20)18-5-4-7(19)6-18/h1-3,7,17,19H,4-6,16H2. The highest BCUT2D eigenvalue weighted by Gasteiger charge is 2.36. The summed E-state index contributed by atoms with van der Waals surface area (Å²) < 4.78 is 38.6. The van der Waals surface area contributed by atoms with E-state index in [4.69, 9.17) is 5.84 Å². The second-order valence-corrected chi connectivity index (χ2v) is 4.56. The molecule has 2 rings (SSSR count). The molecule has 1 amide bonds. The zero-order valence-corrected chi connectivity index (χ0v) is 10.4. The van der Waals surface area contributed by atoms with Crippen molar-refractivity contribution in [2.75, 3.05) is 18.5 Å². The first-order chi connectivity index (χ1) is 9.34. The number of rotatable bonds is 2. The Morgan fingerprint density at radius 1 is 1.45 bits per heavy atom. The van der Waals surface area contributed by atoms with Gasteiger partial charge in [0.25, 0.3) is 5.91 Å². The minimum Gasteiger partial charge on any atom is -0.391 e. The van der Waals surface area contributed by atoms with Gasteiger partial charge in [0.05, 0.1) is 22.9 Å². The third-order valence-corrected chi connectivity index (χ3v) is 3.20. The van der Waals surface area contributed by atoms with Gasteiger partial charge in [0, 0.05) is 13.1 Å². The normalized spacial score (nSPS) is 19.2. The number of alkyl halides is 3. The lowest BCUT2D eigenvalue weighted by Gasteiger charge is -2.20. The van der Waals surface area contributed by atoms with Crippen LogP contribution in [0.15, 0.2) is 18.2 Å². The van der Waals surface area contributed by atoms with Gasteiger partial charge in [-0.05, 0) is 18.6 Å². The number of aliphatic hydroxyl groups is 1. The second kappa shape index (κ2) is 5.29. The molecule has 1 aromatic carbocycles. The average Bonchev–Trinajstić information content (AvgIpc) is 2.82. The Morgan fingerprint density at radius 2 is 2.15 bits per heavy atom. The minimum atomic E-state index is -4.61. The van der Waals surface area contributed by atoms with Gasteiger partial charge in [-0.3, -0.25) is 10.6 Å². The van der Waals surface area contributed by atoms with Gasteiger partial charge in [0.15, 0.2) is 0 Å². The van der Waals surface area contributed by atoms with Crippen LogP contribution in [0, 0.1) is 0 Å². The lowest BCUT2D eigenvalue weighted by Crippen LogP contribution is -2.31. The molecule has 0 aliphatic carbocycles. The topological polar surface area (TPSA) is 78.6 Å². The van der Waals surface area contributed by atoms with Crippen LogP contribution >= 0.6 is 0 Å². The summed E-state index contributed by atoms with van der Waals surface area (Å²) >= 11 is 0. The van der Waals surface area contributed by atoms with E-state index in [1.54, 1.807) is 0 Å². The van der Waals surface area contributed by atoms with Gasteiger partial charge in [-0.1, -0.05) is 6.07 Å². The van der Waals surface area contributed by atoms with Crippen molar-refractivity contribution in [2.24, 2.45) is 5.84 Å². The molecular weight excluding hydrogens is 275 g/mol. The van der Waals surface area contributed by atoms with E-state index in [1.165, 1.54) is 11.0 Å². The van der Waals surface area contributed by atoms with Crippen molar-refractivity contribution in [1.82, 2.24) is 4.90 Å². The fourth-order valence-electron chi connectivity index (χ4n) is 2.22. The van der Waals surface area contributed by atoms with Crippen molar-refractivity contribution >= 4 is 11.6 Å². The van der Waals surface area contributed by atoms with Crippen molar-refractivity contribution < 1.29 is 23.1 Å². The molecule has 0 bridgehead atoms. The first kappa shape index (κ1) is 14.6. The van der Waals surface area contributed by atoms with E-state index in [0.717, 1.165) is 12.1 Å². The summed E-state index contributed by atoms with van der Waals surface area (Å²) in [7, 11) is 0. The van der Waals surface area contributed by atoms with Crippen LogP contribution in [-0.2, 0) is 6.18 Å². The Morgan fingerprint density at radius 3 is 2.65 bits per heavy atom. The number of hydrazine groups is 1. The Labute approximate surface area is 113 Å². The molecule has 1 atom stereocenters. The molecule has 5 nitrogen and oxygen atoms in total. The summed E-state index contributed by atoms with van der Waals surface area (Å²) in [5, 5.41) is 9.39. The monoisotopic (exact) mass is 289 g/mol. The number of amides is 1. The number of para-hydroxylation sites is 1. The van der Waals surface area contributed by atoms with Crippen LogP contribution < -0.4 is 11.3 Å². The molecule has 1 saturated heterocycles. The number of aliphatic hydroxyl groups excluding tert-OH is 1. The summed E-state index contributed by atoms with van der Waals surface area (Å²) in [4.78, 5) is 13.5. The number of nitrogens with two attached hydrogens (primary N) is 1. The Bertz CT molecular complexity index is 519. The molecule has 0 aromatic heterocycles.